The number of halogens is 8. The Hall–Kier alpha value is 0.212. The fourth-order valence-electron chi connectivity index (χ4n) is 1.32. The summed E-state index contributed by atoms with van der Waals surface area (Å²) in [7, 11) is -12.0. The maximum absolute atomic E-state index is 9.75. The van der Waals surface area contributed by atoms with E-state index in [2.05, 4.69) is 0 Å². The Labute approximate surface area is 189 Å². The van der Waals surface area contributed by atoms with Gasteiger partial charge >= 0.3 is 41.8 Å². The van der Waals surface area contributed by atoms with Gasteiger partial charge in [0.1, 0.15) is 0 Å². The van der Waals surface area contributed by atoms with E-state index in [9.17, 15) is 34.5 Å². The number of ether oxygens (including phenoxy) is 6. The Morgan fingerprint density at radius 3 is 0.467 bits per heavy atom. The smallest absolute Gasteiger partial charge is 0.457 e. The van der Waals surface area contributed by atoms with Crippen LogP contribution in [0.25, 0.3) is 0 Å². The Balaban J connectivity index is -0.000000237. The zero-order valence-electron chi connectivity index (χ0n) is 16.2. The molecule has 0 atom stereocenters. The Morgan fingerprint density at radius 2 is 0.400 bits per heavy atom. The first-order valence-corrected chi connectivity index (χ1v) is 8.21. The monoisotopic (exact) mass is 665 g/mol. The molecule has 1 aliphatic rings. The van der Waals surface area contributed by atoms with Gasteiger partial charge in [-0.15, -0.1) is 0 Å². The van der Waals surface area contributed by atoms with Crippen molar-refractivity contribution in [3.05, 3.63) is 0 Å². The Kier molecular flexibility index (Phi) is 31.9. The van der Waals surface area contributed by atoms with E-state index in [1.165, 1.54) is 0 Å². The zero-order chi connectivity index (χ0) is 21.7. The predicted molar refractivity (Wildman–Crippen MR) is 95.9 cm³/mol. The average Bonchev–Trinajstić information content (AvgIpc) is 2.52. The van der Waals surface area contributed by atoms with E-state index in [0.29, 0.717) is 79.3 Å². The molecular formula is C12H27B2F8O7Pb+. The number of hydrogen-bond donors (Lipinski definition) is 0. The van der Waals surface area contributed by atoms with Gasteiger partial charge in [0.25, 0.3) is 0 Å². The van der Waals surface area contributed by atoms with Crippen molar-refractivity contribution in [3.8, 4) is 0 Å². The summed E-state index contributed by atoms with van der Waals surface area (Å²) in [4.78, 5) is 0. The van der Waals surface area contributed by atoms with Crippen LogP contribution in [0.2, 0.25) is 0 Å². The van der Waals surface area contributed by atoms with Gasteiger partial charge in [-0.1, -0.05) is 0 Å². The van der Waals surface area contributed by atoms with Crippen molar-refractivity contribution in [1.82, 2.24) is 0 Å². The van der Waals surface area contributed by atoms with Crippen molar-refractivity contribution in [2.75, 3.05) is 79.3 Å². The predicted octanol–water partition coefficient (Wildman–Crippen LogP) is 1.40. The molecule has 0 saturated carbocycles. The molecule has 18 heteroatoms. The summed E-state index contributed by atoms with van der Waals surface area (Å²) in [6, 6.07) is 0. The van der Waals surface area contributed by atoms with E-state index in [0.717, 1.165) is 0 Å². The van der Waals surface area contributed by atoms with Crippen LogP contribution in [0.4, 0.5) is 34.5 Å². The molecule has 0 bridgehead atoms. The molecule has 0 aliphatic carbocycles. The summed E-state index contributed by atoms with van der Waals surface area (Å²) in [5, 5.41) is 0. The van der Waals surface area contributed by atoms with Crippen LogP contribution in [0.15, 0.2) is 0 Å². The third kappa shape index (κ3) is 63.0. The maximum Gasteiger partial charge on any atom is 2.00 e. The van der Waals surface area contributed by atoms with Crippen molar-refractivity contribution < 1.29 is 68.4 Å². The molecule has 1 heterocycles. The van der Waals surface area contributed by atoms with Gasteiger partial charge in [0.15, 0.2) is 0 Å². The first kappa shape index (κ1) is 37.5. The van der Waals surface area contributed by atoms with Crippen LogP contribution < -0.4 is 0 Å². The third-order valence-electron chi connectivity index (χ3n) is 2.23. The summed E-state index contributed by atoms with van der Waals surface area (Å²) in [6.45, 7) is 7.04. The van der Waals surface area contributed by atoms with Gasteiger partial charge in [-0.3, -0.25) is 0 Å². The van der Waals surface area contributed by atoms with E-state index in [4.69, 9.17) is 28.4 Å². The van der Waals surface area contributed by atoms with Crippen molar-refractivity contribution in [2.45, 2.75) is 0 Å². The van der Waals surface area contributed by atoms with Crippen molar-refractivity contribution in [1.29, 1.82) is 0 Å². The molecule has 0 aromatic heterocycles. The Bertz CT molecular complexity index is 235. The second-order valence-corrected chi connectivity index (χ2v) is 4.66. The second kappa shape index (κ2) is 25.5. The van der Waals surface area contributed by atoms with Gasteiger partial charge < -0.3 is 68.4 Å². The molecule has 182 valence electrons. The standard InChI is InChI=1S/C12H24O6.2BF4.H2O.Pb/c1-2-14-5-6-16-9-10-18-12-11-17-8-7-15-4-3-13-1;2*2-1(3,4)5;;/h1-12H2;;;1H2;/q;2*-1;;+2/p+1. The first-order valence-electron chi connectivity index (χ1n) is 8.21. The van der Waals surface area contributed by atoms with Crippen LogP contribution >= 0.6 is 0 Å². The average molecular weight is 664 g/mol. The topological polar surface area (TPSA) is 88.4 Å². The minimum absolute atomic E-state index is 0. The molecule has 1 fully saturated rings. The van der Waals surface area contributed by atoms with E-state index in [-0.39, 0.29) is 32.8 Å². The molecule has 7 nitrogen and oxygen atoms in total. The summed E-state index contributed by atoms with van der Waals surface area (Å²) >= 11 is 0. The van der Waals surface area contributed by atoms with Crippen LogP contribution in [0.1, 0.15) is 0 Å². The van der Waals surface area contributed by atoms with Crippen molar-refractivity contribution in [3.63, 3.8) is 0 Å². The van der Waals surface area contributed by atoms with E-state index >= 15 is 0 Å². The molecule has 0 unspecified atom stereocenters. The fourth-order valence-corrected chi connectivity index (χ4v) is 1.32. The minimum Gasteiger partial charge on any atom is -0.457 e. The molecule has 0 aromatic carbocycles. The summed E-state index contributed by atoms with van der Waals surface area (Å²) < 4.78 is 110. The quantitative estimate of drug-likeness (QED) is 0.221. The molecule has 0 spiro atoms. The first-order chi connectivity index (χ1) is 13.0. The van der Waals surface area contributed by atoms with Gasteiger partial charge in [-0.25, -0.2) is 0 Å². The fraction of sp³-hybridized carbons (Fsp3) is 1.00. The van der Waals surface area contributed by atoms with Gasteiger partial charge in [0.05, 0.1) is 79.3 Å². The Morgan fingerprint density at radius 1 is 0.333 bits per heavy atom. The summed E-state index contributed by atoms with van der Waals surface area (Å²) in [5.41, 5.74) is 0. The zero-order valence-corrected chi connectivity index (χ0v) is 20.1. The molecule has 0 amide bonds. The number of rotatable bonds is 0. The van der Waals surface area contributed by atoms with Crippen LogP contribution in [-0.4, -0.2) is 121 Å². The molecule has 30 heavy (non-hydrogen) atoms. The van der Waals surface area contributed by atoms with E-state index in [1.807, 2.05) is 0 Å². The third-order valence-corrected chi connectivity index (χ3v) is 2.23. The van der Waals surface area contributed by atoms with Crippen molar-refractivity contribution in [2.24, 2.45) is 0 Å². The van der Waals surface area contributed by atoms with Gasteiger partial charge in [0.2, 0.25) is 0 Å². The second-order valence-electron chi connectivity index (χ2n) is 4.66. The van der Waals surface area contributed by atoms with Gasteiger partial charge in [-0.2, -0.15) is 0 Å². The molecule has 1 rings (SSSR count). The molecule has 1 saturated heterocycles. The van der Waals surface area contributed by atoms with Crippen LogP contribution in [-0.2, 0) is 33.9 Å². The van der Waals surface area contributed by atoms with Crippen LogP contribution in [0.3, 0.4) is 0 Å². The van der Waals surface area contributed by atoms with Crippen molar-refractivity contribution >= 4 is 41.8 Å². The SMILES string of the molecule is C1COCCOCCOCCOCCOCCO1.F[B-](F)(F)F.F[B-](F)(F)F.[OH3+].[Pb+2]. The van der Waals surface area contributed by atoms with Gasteiger partial charge in [-0.05, 0) is 0 Å². The minimum atomic E-state index is -6.00. The maximum atomic E-state index is 9.75. The van der Waals surface area contributed by atoms with E-state index < -0.39 is 14.5 Å². The van der Waals surface area contributed by atoms with E-state index in [1.54, 1.807) is 0 Å². The molecule has 1 aliphatic heterocycles. The molecule has 0 aromatic rings. The molecular weight excluding hydrogens is 637 g/mol. The normalized spacial score (nSPS) is 18.4. The molecule has 2 radical (unpaired) electrons. The molecule has 3 N–H and O–H groups in total. The van der Waals surface area contributed by atoms with Crippen LogP contribution in [0, 0.1) is 0 Å². The summed E-state index contributed by atoms with van der Waals surface area (Å²) in [6.07, 6.45) is 0. The summed E-state index contributed by atoms with van der Waals surface area (Å²) in [5.74, 6) is 0. The van der Waals surface area contributed by atoms with Gasteiger partial charge in [0, 0.05) is 0 Å². The largest absolute Gasteiger partial charge is 2.00 e. The number of hydrogen-bond acceptors (Lipinski definition) is 6. The van der Waals surface area contributed by atoms with Crippen LogP contribution in [0.5, 0.6) is 0 Å².